The van der Waals surface area contributed by atoms with Gasteiger partial charge in [0.05, 0.1) is 12.4 Å². The molecule has 1 aromatic rings. The van der Waals surface area contributed by atoms with Gasteiger partial charge in [0.2, 0.25) is 5.91 Å². The minimum atomic E-state index is -0.325. The van der Waals surface area contributed by atoms with Crippen LogP contribution in [0.4, 0.5) is 5.69 Å². The SMILES string of the molecule is CCC(C)(CO)CNc1ccccc1SCC(N)=O. The molecule has 1 unspecified atom stereocenters. The monoisotopic (exact) mass is 282 g/mol. The van der Waals surface area contributed by atoms with Crippen molar-refractivity contribution in [2.45, 2.75) is 25.2 Å². The fourth-order valence-corrected chi connectivity index (χ4v) is 2.26. The highest BCUT2D eigenvalue weighted by atomic mass is 32.2. The number of nitrogens with one attached hydrogen (secondary N) is 1. The summed E-state index contributed by atoms with van der Waals surface area (Å²) in [5.41, 5.74) is 6.00. The van der Waals surface area contributed by atoms with Crippen molar-refractivity contribution >= 4 is 23.4 Å². The number of hydrogen-bond acceptors (Lipinski definition) is 4. The highest BCUT2D eigenvalue weighted by Crippen LogP contribution is 2.28. The van der Waals surface area contributed by atoms with Crippen LogP contribution >= 0.6 is 11.8 Å². The third kappa shape index (κ3) is 5.12. The van der Waals surface area contributed by atoms with Crippen LogP contribution in [-0.2, 0) is 4.79 Å². The number of primary amides is 1. The predicted octanol–water partition coefficient (Wildman–Crippen LogP) is 2.08. The summed E-state index contributed by atoms with van der Waals surface area (Å²) in [5.74, 6) is -0.0578. The Labute approximate surface area is 118 Å². The van der Waals surface area contributed by atoms with Crippen LogP contribution < -0.4 is 11.1 Å². The van der Waals surface area contributed by atoms with E-state index in [9.17, 15) is 9.90 Å². The lowest BCUT2D eigenvalue weighted by Gasteiger charge is -2.27. The largest absolute Gasteiger partial charge is 0.396 e. The van der Waals surface area contributed by atoms with Gasteiger partial charge >= 0.3 is 0 Å². The first-order valence-electron chi connectivity index (χ1n) is 6.35. The van der Waals surface area contributed by atoms with Crippen LogP contribution in [0.1, 0.15) is 20.3 Å². The van der Waals surface area contributed by atoms with Crippen LogP contribution in [0.5, 0.6) is 0 Å². The van der Waals surface area contributed by atoms with E-state index >= 15 is 0 Å². The van der Waals surface area contributed by atoms with Crippen molar-refractivity contribution in [3.05, 3.63) is 24.3 Å². The highest BCUT2D eigenvalue weighted by molar-refractivity contribution is 8.00. The molecule has 0 saturated heterocycles. The molecule has 1 rings (SSSR count). The molecule has 5 heteroatoms. The van der Waals surface area contributed by atoms with Gasteiger partial charge in [0.15, 0.2) is 0 Å². The first-order valence-corrected chi connectivity index (χ1v) is 7.34. The van der Waals surface area contributed by atoms with Crippen molar-refractivity contribution in [2.24, 2.45) is 11.1 Å². The Bertz CT molecular complexity index is 420. The number of benzene rings is 1. The predicted molar refractivity (Wildman–Crippen MR) is 80.3 cm³/mol. The van der Waals surface area contributed by atoms with Crippen molar-refractivity contribution < 1.29 is 9.90 Å². The first kappa shape index (κ1) is 15.9. The maximum Gasteiger partial charge on any atom is 0.227 e. The smallest absolute Gasteiger partial charge is 0.227 e. The Kier molecular flexibility index (Phi) is 6.18. The zero-order valence-electron chi connectivity index (χ0n) is 11.5. The summed E-state index contributed by atoms with van der Waals surface area (Å²) in [4.78, 5) is 11.8. The van der Waals surface area contributed by atoms with Gasteiger partial charge in [-0.1, -0.05) is 26.0 Å². The molecule has 0 radical (unpaired) electrons. The van der Waals surface area contributed by atoms with E-state index in [-0.39, 0.29) is 23.7 Å². The van der Waals surface area contributed by atoms with Gasteiger partial charge in [-0.05, 0) is 18.6 Å². The van der Waals surface area contributed by atoms with Gasteiger partial charge in [0.1, 0.15) is 0 Å². The average Bonchev–Trinajstić information content (AvgIpc) is 2.43. The van der Waals surface area contributed by atoms with E-state index in [1.807, 2.05) is 31.2 Å². The second-order valence-corrected chi connectivity index (χ2v) is 5.94. The molecule has 0 saturated carbocycles. The molecule has 1 aromatic carbocycles. The first-order chi connectivity index (χ1) is 9.00. The lowest BCUT2D eigenvalue weighted by Crippen LogP contribution is -2.29. The molecule has 0 aliphatic rings. The standard InChI is InChI=1S/C14H22N2O2S/c1-3-14(2,10-17)9-16-11-6-4-5-7-12(11)19-8-13(15)18/h4-7,16-17H,3,8-10H2,1-2H3,(H2,15,18). The molecule has 4 N–H and O–H groups in total. The Morgan fingerprint density at radius 1 is 1.47 bits per heavy atom. The quantitative estimate of drug-likeness (QED) is 0.638. The summed E-state index contributed by atoms with van der Waals surface area (Å²) in [7, 11) is 0. The topological polar surface area (TPSA) is 75.3 Å². The number of anilines is 1. The summed E-state index contributed by atoms with van der Waals surface area (Å²) >= 11 is 1.42. The molecule has 0 fully saturated rings. The summed E-state index contributed by atoms with van der Waals surface area (Å²) < 4.78 is 0. The molecule has 106 valence electrons. The molecule has 4 nitrogen and oxygen atoms in total. The van der Waals surface area contributed by atoms with E-state index in [0.717, 1.165) is 17.0 Å². The number of hydrogen-bond donors (Lipinski definition) is 3. The van der Waals surface area contributed by atoms with Crippen LogP contribution in [0.2, 0.25) is 0 Å². The van der Waals surface area contributed by atoms with Crippen LogP contribution in [0.15, 0.2) is 29.2 Å². The zero-order chi connectivity index (χ0) is 14.3. The molecular formula is C14H22N2O2S. The molecule has 19 heavy (non-hydrogen) atoms. The van der Waals surface area contributed by atoms with Crippen LogP contribution in [0, 0.1) is 5.41 Å². The average molecular weight is 282 g/mol. The van der Waals surface area contributed by atoms with Gasteiger partial charge < -0.3 is 16.2 Å². The van der Waals surface area contributed by atoms with Crippen LogP contribution in [0.3, 0.4) is 0 Å². The second kappa shape index (κ2) is 7.40. The lowest BCUT2D eigenvalue weighted by atomic mass is 9.88. The second-order valence-electron chi connectivity index (χ2n) is 4.93. The van der Waals surface area contributed by atoms with E-state index < -0.39 is 0 Å². The van der Waals surface area contributed by atoms with Gasteiger partial charge in [-0.3, -0.25) is 4.79 Å². The normalized spacial score (nSPS) is 13.8. The van der Waals surface area contributed by atoms with E-state index in [0.29, 0.717) is 6.54 Å². The lowest BCUT2D eigenvalue weighted by molar-refractivity contribution is -0.115. The summed E-state index contributed by atoms with van der Waals surface area (Å²) in [6, 6.07) is 7.80. The van der Waals surface area contributed by atoms with Gasteiger partial charge in [-0.2, -0.15) is 0 Å². The van der Waals surface area contributed by atoms with Crippen molar-refractivity contribution in [1.29, 1.82) is 0 Å². The Balaban J connectivity index is 2.69. The number of amides is 1. The number of nitrogens with two attached hydrogens (primary N) is 1. The van der Waals surface area contributed by atoms with Gasteiger partial charge in [0, 0.05) is 22.5 Å². The third-order valence-electron chi connectivity index (χ3n) is 3.20. The summed E-state index contributed by atoms with van der Waals surface area (Å²) in [6.07, 6.45) is 0.896. The summed E-state index contributed by atoms with van der Waals surface area (Å²) in [6.45, 7) is 4.94. The van der Waals surface area contributed by atoms with E-state index in [2.05, 4.69) is 12.2 Å². The van der Waals surface area contributed by atoms with Crippen molar-refractivity contribution in [3.63, 3.8) is 0 Å². The van der Waals surface area contributed by atoms with Crippen molar-refractivity contribution in [1.82, 2.24) is 0 Å². The van der Waals surface area contributed by atoms with Gasteiger partial charge in [-0.25, -0.2) is 0 Å². The maximum atomic E-state index is 10.8. The third-order valence-corrected chi connectivity index (χ3v) is 4.29. The Morgan fingerprint density at radius 2 is 2.16 bits per heavy atom. The fraction of sp³-hybridized carbons (Fsp3) is 0.500. The summed E-state index contributed by atoms with van der Waals surface area (Å²) in [5, 5.41) is 12.7. The zero-order valence-corrected chi connectivity index (χ0v) is 12.3. The van der Waals surface area contributed by atoms with Gasteiger partial charge in [-0.15, -0.1) is 11.8 Å². The highest BCUT2D eigenvalue weighted by Gasteiger charge is 2.20. The number of carbonyl (C=O) groups excluding carboxylic acids is 1. The molecule has 0 bridgehead atoms. The number of thioether (sulfide) groups is 1. The number of aliphatic hydroxyl groups excluding tert-OH is 1. The minimum Gasteiger partial charge on any atom is -0.396 e. The van der Waals surface area contributed by atoms with E-state index in [1.54, 1.807) is 0 Å². The maximum absolute atomic E-state index is 10.8. The van der Waals surface area contributed by atoms with E-state index in [4.69, 9.17) is 5.73 Å². The molecule has 1 atom stereocenters. The molecular weight excluding hydrogens is 260 g/mol. The number of aliphatic hydroxyl groups is 1. The van der Waals surface area contributed by atoms with E-state index in [1.165, 1.54) is 11.8 Å². The van der Waals surface area contributed by atoms with Crippen molar-refractivity contribution in [2.75, 3.05) is 24.2 Å². The number of rotatable bonds is 8. The molecule has 0 spiro atoms. The van der Waals surface area contributed by atoms with Crippen LogP contribution in [0.25, 0.3) is 0 Å². The van der Waals surface area contributed by atoms with Crippen molar-refractivity contribution in [3.8, 4) is 0 Å². The number of para-hydroxylation sites is 1. The molecule has 0 aliphatic carbocycles. The molecule has 0 heterocycles. The minimum absolute atomic E-state index is 0.137. The molecule has 1 amide bonds. The number of carbonyl (C=O) groups is 1. The Hall–Kier alpha value is -1.20. The Morgan fingerprint density at radius 3 is 2.74 bits per heavy atom. The molecule has 0 aromatic heterocycles. The van der Waals surface area contributed by atoms with Gasteiger partial charge in [0.25, 0.3) is 0 Å². The van der Waals surface area contributed by atoms with Crippen LogP contribution in [-0.4, -0.2) is 29.9 Å². The fourth-order valence-electron chi connectivity index (χ4n) is 1.49. The molecule has 0 aliphatic heterocycles.